The molecular weight excluding hydrogens is 560 g/mol. The monoisotopic (exact) mass is 602 g/mol. The number of nitrogens with one attached hydrogen (secondary N) is 2. The minimum Gasteiger partial charge on any atom is -0.492 e. The van der Waals surface area contributed by atoms with Crippen LogP contribution in [0.1, 0.15) is 55.9 Å². The Kier molecular flexibility index (Phi) is 10.0. The van der Waals surface area contributed by atoms with Gasteiger partial charge < -0.3 is 24.7 Å². The summed E-state index contributed by atoms with van der Waals surface area (Å²) >= 11 is 0. The first kappa shape index (κ1) is 31.6. The average Bonchev–Trinajstić information content (AvgIpc) is 2.93. The molecule has 1 fully saturated rings. The van der Waals surface area contributed by atoms with Crippen molar-refractivity contribution in [3.05, 3.63) is 46.5 Å². The molecule has 2 aromatic carbocycles. The highest BCUT2D eigenvalue weighted by atomic mass is 32.2. The second-order valence-electron chi connectivity index (χ2n) is 11.7. The van der Waals surface area contributed by atoms with Crippen molar-refractivity contribution in [2.75, 3.05) is 62.9 Å². The number of nitrogens with zero attached hydrogens (tertiary/aromatic N) is 2. The molecule has 1 aliphatic heterocycles. The van der Waals surface area contributed by atoms with E-state index in [2.05, 4.69) is 20.1 Å². The van der Waals surface area contributed by atoms with E-state index in [1.807, 2.05) is 26.8 Å². The van der Waals surface area contributed by atoms with Crippen LogP contribution in [-0.4, -0.2) is 83.0 Å². The molecule has 1 aliphatic carbocycles. The van der Waals surface area contributed by atoms with Gasteiger partial charge in [-0.15, -0.1) is 0 Å². The number of benzene rings is 2. The fourth-order valence-electron chi connectivity index (χ4n) is 5.35. The molecule has 0 unspecified atom stereocenters. The molecule has 42 heavy (non-hydrogen) atoms. The van der Waals surface area contributed by atoms with E-state index in [1.54, 1.807) is 18.2 Å². The summed E-state index contributed by atoms with van der Waals surface area (Å²) in [7, 11) is -2.24. The number of methoxy groups -OCH3 is 1. The Hall–Kier alpha value is -3.35. The van der Waals surface area contributed by atoms with Crippen LogP contribution in [0.3, 0.4) is 0 Å². The normalized spacial score (nSPS) is 16.5. The summed E-state index contributed by atoms with van der Waals surface area (Å²) in [4.78, 5) is 16.0. The van der Waals surface area contributed by atoms with Gasteiger partial charge in [0.05, 0.1) is 38.0 Å². The Morgan fingerprint density at radius 3 is 2.38 bits per heavy atom. The largest absolute Gasteiger partial charge is 0.492 e. The number of hydrogen-bond donors (Lipinski definition) is 3. The van der Waals surface area contributed by atoms with Crippen LogP contribution in [0.4, 0.5) is 11.4 Å². The van der Waals surface area contributed by atoms with Gasteiger partial charge in [0.1, 0.15) is 12.4 Å². The summed E-state index contributed by atoms with van der Waals surface area (Å²) < 4.78 is 43.8. The molecule has 0 radical (unpaired) electrons. The predicted octanol–water partition coefficient (Wildman–Crippen LogP) is 3.77. The molecule has 4 rings (SSSR count). The minimum atomic E-state index is -3.64. The van der Waals surface area contributed by atoms with Gasteiger partial charge in [-0.2, -0.15) is 0 Å². The Bertz CT molecular complexity index is 1430. The first-order valence-electron chi connectivity index (χ1n) is 14.2. The number of amides is 1. The second kappa shape index (κ2) is 13.3. The molecule has 0 saturated carbocycles. The maximum absolute atomic E-state index is 13.6. The van der Waals surface area contributed by atoms with E-state index in [4.69, 9.17) is 14.2 Å². The number of rotatable bonds is 10. The van der Waals surface area contributed by atoms with Gasteiger partial charge in [0.2, 0.25) is 10.0 Å². The first-order chi connectivity index (χ1) is 19.9. The Balaban J connectivity index is 1.62. The van der Waals surface area contributed by atoms with E-state index < -0.39 is 15.9 Å². The lowest BCUT2D eigenvalue weighted by atomic mass is 9.85. The fourth-order valence-corrected chi connectivity index (χ4v) is 5.91. The van der Waals surface area contributed by atoms with Crippen LogP contribution in [0.5, 0.6) is 11.5 Å². The summed E-state index contributed by atoms with van der Waals surface area (Å²) in [5, 5.41) is 16.3. The van der Waals surface area contributed by atoms with Crippen LogP contribution in [-0.2, 0) is 37.8 Å². The van der Waals surface area contributed by atoms with E-state index in [-0.39, 0.29) is 28.3 Å². The van der Waals surface area contributed by atoms with Crippen molar-refractivity contribution in [3.8, 4) is 11.5 Å². The van der Waals surface area contributed by atoms with Gasteiger partial charge in [-0.1, -0.05) is 25.9 Å². The highest BCUT2D eigenvalue weighted by molar-refractivity contribution is 7.92. The third-order valence-electron chi connectivity index (χ3n) is 7.53. The van der Waals surface area contributed by atoms with Crippen LogP contribution in [0.15, 0.2) is 29.4 Å². The average molecular weight is 603 g/mol. The molecule has 3 N–H and O–H groups in total. The van der Waals surface area contributed by atoms with Crippen LogP contribution >= 0.6 is 0 Å². The van der Waals surface area contributed by atoms with Crippen molar-refractivity contribution >= 4 is 33.0 Å². The Labute approximate surface area is 248 Å². The maximum Gasteiger partial charge on any atom is 0.278 e. The third kappa shape index (κ3) is 7.73. The Morgan fingerprint density at radius 2 is 1.76 bits per heavy atom. The molecule has 1 amide bonds. The van der Waals surface area contributed by atoms with E-state index in [1.165, 1.54) is 7.11 Å². The summed E-state index contributed by atoms with van der Waals surface area (Å²) in [6, 6.07) is 7.03. The number of hydrogen-bond acceptors (Lipinski definition) is 9. The van der Waals surface area contributed by atoms with E-state index in [9.17, 15) is 18.4 Å². The molecule has 1 heterocycles. The zero-order chi connectivity index (χ0) is 30.5. The number of carbonyl (C=O) groups is 1. The van der Waals surface area contributed by atoms with Crippen molar-refractivity contribution in [2.24, 2.45) is 5.16 Å². The van der Waals surface area contributed by atoms with E-state index in [0.29, 0.717) is 12.2 Å². The third-order valence-corrected chi connectivity index (χ3v) is 8.12. The number of morpholine rings is 1. The van der Waals surface area contributed by atoms with Gasteiger partial charge in [-0.3, -0.25) is 14.4 Å². The smallest absolute Gasteiger partial charge is 0.278 e. The van der Waals surface area contributed by atoms with Crippen molar-refractivity contribution in [1.82, 2.24) is 4.90 Å². The van der Waals surface area contributed by atoms with Crippen molar-refractivity contribution in [3.63, 3.8) is 0 Å². The molecule has 1 saturated heterocycles. The standard InChI is InChI=1S/C30H42N4O7S/c1-30(2,3)20-18-24(28(39-4)25(19-20)33-42(5,37)38)31-29(35)27(32-36)23-10-11-26(22-9-7-6-8-21(22)23)41-17-14-34-12-15-40-16-13-34/h10-11,18-19,33,36H,6-9,12-17H2,1-5H3,(H,31,35). The summed E-state index contributed by atoms with van der Waals surface area (Å²) in [6.45, 7) is 10.5. The fraction of sp³-hybridized carbons (Fsp3) is 0.533. The van der Waals surface area contributed by atoms with Gasteiger partial charge in [-0.25, -0.2) is 8.42 Å². The lowest BCUT2D eigenvalue weighted by Gasteiger charge is -2.27. The summed E-state index contributed by atoms with van der Waals surface area (Å²) in [5.41, 5.74) is 3.19. The number of oxime groups is 1. The van der Waals surface area contributed by atoms with Crippen molar-refractivity contribution in [1.29, 1.82) is 0 Å². The molecule has 11 nitrogen and oxygen atoms in total. The predicted molar refractivity (Wildman–Crippen MR) is 163 cm³/mol. The van der Waals surface area contributed by atoms with Gasteiger partial charge in [0.15, 0.2) is 11.5 Å². The van der Waals surface area contributed by atoms with E-state index in [0.717, 1.165) is 87.2 Å². The molecule has 0 bridgehead atoms. The van der Waals surface area contributed by atoms with Gasteiger partial charge in [-0.05, 0) is 72.1 Å². The SMILES string of the molecule is COc1c(NC(=O)C(=NO)c2ccc(OCCN3CCOCC3)c3c2CCCC3)cc(C(C)(C)C)cc1NS(C)(=O)=O. The lowest BCUT2D eigenvalue weighted by molar-refractivity contribution is -0.110. The van der Waals surface area contributed by atoms with E-state index >= 15 is 0 Å². The Morgan fingerprint density at radius 1 is 1.10 bits per heavy atom. The van der Waals surface area contributed by atoms with Crippen LogP contribution in [0.2, 0.25) is 0 Å². The summed E-state index contributed by atoms with van der Waals surface area (Å²) in [6.07, 6.45) is 4.52. The molecule has 0 aromatic heterocycles. The number of carbonyl (C=O) groups excluding carboxylic acids is 1. The number of sulfonamides is 1. The summed E-state index contributed by atoms with van der Waals surface area (Å²) in [5.74, 6) is 0.279. The highest BCUT2D eigenvalue weighted by Crippen LogP contribution is 2.39. The molecule has 230 valence electrons. The molecule has 0 atom stereocenters. The first-order valence-corrected chi connectivity index (χ1v) is 16.1. The van der Waals surface area contributed by atoms with Gasteiger partial charge in [0, 0.05) is 25.2 Å². The lowest BCUT2D eigenvalue weighted by Crippen LogP contribution is -2.38. The van der Waals surface area contributed by atoms with Crippen LogP contribution in [0, 0.1) is 0 Å². The quantitative estimate of drug-likeness (QED) is 0.212. The van der Waals surface area contributed by atoms with Gasteiger partial charge in [0.25, 0.3) is 5.91 Å². The molecule has 2 aromatic rings. The maximum atomic E-state index is 13.6. The molecule has 2 aliphatic rings. The topological polar surface area (TPSA) is 139 Å². The number of ether oxygens (including phenoxy) is 3. The minimum absolute atomic E-state index is 0.144. The van der Waals surface area contributed by atoms with Gasteiger partial charge >= 0.3 is 0 Å². The molecule has 0 spiro atoms. The zero-order valence-corrected chi connectivity index (χ0v) is 25.9. The highest BCUT2D eigenvalue weighted by Gasteiger charge is 2.27. The van der Waals surface area contributed by atoms with Crippen molar-refractivity contribution < 1.29 is 32.6 Å². The van der Waals surface area contributed by atoms with Crippen LogP contribution < -0.4 is 19.5 Å². The second-order valence-corrected chi connectivity index (χ2v) is 13.5. The van der Waals surface area contributed by atoms with Crippen LogP contribution in [0.25, 0.3) is 0 Å². The molecule has 12 heteroatoms. The number of fused-ring (bicyclic) bond motifs is 1. The number of anilines is 2. The van der Waals surface area contributed by atoms with Crippen molar-refractivity contribution in [2.45, 2.75) is 51.9 Å². The molecular formula is C30H42N4O7S. The zero-order valence-electron chi connectivity index (χ0n) is 25.1.